The highest BCUT2D eigenvalue weighted by Gasteiger charge is 2.22. The molecule has 1 heterocycles. The minimum Gasteiger partial charge on any atom is -0.363 e. The number of aromatic nitrogens is 2. The van der Waals surface area contributed by atoms with Gasteiger partial charge in [-0.1, -0.05) is 6.92 Å². The van der Waals surface area contributed by atoms with E-state index in [9.17, 15) is 18.5 Å². The van der Waals surface area contributed by atoms with Gasteiger partial charge in [-0.2, -0.15) is 4.98 Å². The van der Waals surface area contributed by atoms with Gasteiger partial charge in [0.05, 0.1) is 10.7 Å². The molecule has 0 atom stereocenters. The van der Waals surface area contributed by atoms with E-state index in [1.807, 2.05) is 6.92 Å². The van der Waals surface area contributed by atoms with Crippen LogP contribution in [0.3, 0.4) is 0 Å². The predicted molar refractivity (Wildman–Crippen MR) is 80.4 cm³/mol. The first-order valence-electron chi connectivity index (χ1n) is 6.52. The van der Waals surface area contributed by atoms with Gasteiger partial charge < -0.3 is 10.6 Å². The monoisotopic (exact) mass is 317 g/mol. The first-order valence-corrected chi connectivity index (χ1v) is 8.34. The summed E-state index contributed by atoms with van der Waals surface area (Å²) in [7, 11) is -3.14. The molecule has 0 aromatic carbocycles. The number of sulfone groups is 1. The summed E-state index contributed by atoms with van der Waals surface area (Å²) < 4.78 is 22.9. The Bertz CT molecular complexity index is 617. The molecule has 1 aromatic rings. The van der Waals surface area contributed by atoms with Crippen LogP contribution in [0.1, 0.15) is 19.5 Å². The molecule has 0 amide bonds. The molecule has 21 heavy (non-hydrogen) atoms. The number of hydrogen-bond donors (Lipinski definition) is 2. The van der Waals surface area contributed by atoms with Crippen LogP contribution >= 0.6 is 0 Å². The summed E-state index contributed by atoms with van der Waals surface area (Å²) in [5.41, 5.74) is -0.0302. The van der Waals surface area contributed by atoms with E-state index in [-0.39, 0.29) is 41.2 Å². The van der Waals surface area contributed by atoms with Crippen molar-refractivity contribution in [1.82, 2.24) is 9.97 Å². The number of nitrogens with one attached hydrogen (secondary N) is 2. The molecule has 118 valence electrons. The summed E-state index contributed by atoms with van der Waals surface area (Å²) in [5, 5.41) is 16.7. The lowest BCUT2D eigenvalue weighted by atomic mass is 10.3. The topological polar surface area (TPSA) is 127 Å². The first-order chi connectivity index (χ1) is 9.80. The molecular weight excluding hydrogens is 298 g/mol. The number of hydrogen-bond acceptors (Lipinski definition) is 8. The van der Waals surface area contributed by atoms with E-state index in [0.717, 1.165) is 0 Å². The smallest absolute Gasteiger partial charge is 0.332 e. The summed E-state index contributed by atoms with van der Waals surface area (Å²) in [6.45, 7) is 5.53. The second-order valence-electron chi connectivity index (χ2n) is 4.28. The van der Waals surface area contributed by atoms with Crippen molar-refractivity contribution in [3.63, 3.8) is 0 Å². The Morgan fingerprint density at radius 1 is 1.24 bits per heavy atom. The predicted octanol–water partition coefficient (Wildman–Crippen LogP) is 0.972. The summed E-state index contributed by atoms with van der Waals surface area (Å²) in [6, 6.07) is 0. The molecule has 0 saturated heterocycles. The lowest BCUT2D eigenvalue weighted by Crippen LogP contribution is -2.19. The highest BCUT2D eigenvalue weighted by Crippen LogP contribution is 2.26. The van der Waals surface area contributed by atoms with Crippen molar-refractivity contribution >= 4 is 27.3 Å². The molecule has 1 aromatic heterocycles. The molecule has 0 bridgehead atoms. The van der Waals surface area contributed by atoms with E-state index in [1.54, 1.807) is 6.92 Å². The lowest BCUT2D eigenvalue weighted by Gasteiger charge is -2.10. The molecule has 0 aliphatic heterocycles. The van der Waals surface area contributed by atoms with Gasteiger partial charge in [0.15, 0.2) is 9.84 Å². The summed E-state index contributed by atoms with van der Waals surface area (Å²) in [4.78, 5) is 18.5. The van der Waals surface area contributed by atoms with Crippen molar-refractivity contribution in [2.24, 2.45) is 0 Å². The number of nitrogens with zero attached hydrogens (tertiary/aromatic N) is 3. The van der Waals surface area contributed by atoms with Gasteiger partial charge in [-0.15, -0.1) is 0 Å². The van der Waals surface area contributed by atoms with E-state index in [2.05, 4.69) is 20.6 Å². The zero-order chi connectivity index (χ0) is 16.0. The standard InChI is InChI=1S/C11H19N5O4S/c1-4-12-11-14-8(3)9(16(17)18)10(15-11)13-6-7-21(19,20)5-2/h4-7H2,1-3H3,(H2,12,13,14,15). The van der Waals surface area contributed by atoms with Crippen LogP contribution in [0.15, 0.2) is 0 Å². The molecule has 10 heteroatoms. The Morgan fingerprint density at radius 2 is 1.90 bits per heavy atom. The van der Waals surface area contributed by atoms with Crippen molar-refractivity contribution in [2.75, 3.05) is 35.2 Å². The Hall–Kier alpha value is -1.97. The fourth-order valence-corrected chi connectivity index (χ4v) is 2.32. The number of nitro groups is 1. The van der Waals surface area contributed by atoms with Crippen LogP contribution in [0, 0.1) is 17.0 Å². The fourth-order valence-electron chi connectivity index (χ4n) is 1.62. The van der Waals surface area contributed by atoms with Crippen LogP contribution in [0.5, 0.6) is 0 Å². The molecule has 0 aliphatic carbocycles. The van der Waals surface area contributed by atoms with Crippen molar-refractivity contribution in [2.45, 2.75) is 20.8 Å². The maximum atomic E-state index is 11.4. The van der Waals surface area contributed by atoms with E-state index >= 15 is 0 Å². The fraction of sp³-hybridized carbons (Fsp3) is 0.636. The van der Waals surface area contributed by atoms with Crippen LogP contribution in [0.2, 0.25) is 0 Å². The summed E-state index contributed by atoms with van der Waals surface area (Å²) >= 11 is 0. The third-order valence-corrected chi connectivity index (χ3v) is 4.43. The van der Waals surface area contributed by atoms with E-state index in [0.29, 0.717) is 6.54 Å². The van der Waals surface area contributed by atoms with Crippen LogP contribution in [0.25, 0.3) is 0 Å². The zero-order valence-corrected chi connectivity index (χ0v) is 13.0. The van der Waals surface area contributed by atoms with Gasteiger partial charge in [0.25, 0.3) is 0 Å². The molecule has 0 unspecified atom stereocenters. The average molecular weight is 317 g/mol. The maximum Gasteiger partial charge on any atom is 0.332 e. The van der Waals surface area contributed by atoms with Crippen molar-refractivity contribution in [3.8, 4) is 0 Å². The largest absolute Gasteiger partial charge is 0.363 e. The molecule has 1 rings (SSSR count). The minimum atomic E-state index is -3.14. The molecule has 9 nitrogen and oxygen atoms in total. The molecule has 0 radical (unpaired) electrons. The Kier molecular flexibility index (Phi) is 5.82. The minimum absolute atomic E-state index is 0.0229. The van der Waals surface area contributed by atoms with Crippen LogP contribution < -0.4 is 10.6 Å². The third kappa shape index (κ3) is 4.81. The molecule has 0 fully saturated rings. The van der Waals surface area contributed by atoms with Crippen LogP contribution in [-0.2, 0) is 9.84 Å². The van der Waals surface area contributed by atoms with Gasteiger partial charge >= 0.3 is 5.69 Å². The van der Waals surface area contributed by atoms with Gasteiger partial charge in [0.1, 0.15) is 5.69 Å². The normalized spacial score (nSPS) is 11.2. The van der Waals surface area contributed by atoms with Crippen molar-refractivity contribution < 1.29 is 13.3 Å². The van der Waals surface area contributed by atoms with Gasteiger partial charge in [-0.25, -0.2) is 13.4 Å². The van der Waals surface area contributed by atoms with E-state index in [4.69, 9.17) is 0 Å². The number of anilines is 2. The molecule has 0 spiro atoms. The Morgan fingerprint density at radius 3 is 2.43 bits per heavy atom. The van der Waals surface area contributed by atoms with Crippen molar-refractivity contribution in [1.29, 1.82) is 0 Å². The number of aryl methyl sites for hydroxylation is 1. The zero-order valence-electron chi connectivity index (χ0n) is 12.2. The number of rotatable bonds is 8. The van der Waals surface area contributed by atoms with Gasteiger partial charge in [0, 0.05) is 18.8 Å². The molecule has 0 saturated carbocycles. The quantitative estimate of drug-likeness (QED) is 0.536. The van der Waals surface area contributed by atoms with Crippen LogP contribution in [-0.4, -0.2) is 47.9 Å². The van der Waals surface area contributed by atoms with Crippen LogP contribution in [0.4, 0.5) is 17.5 Å². The molecule has 2 N–H and O–H groups in total. The average Bonchev–Trinajstić information content (AvgIpc) is 2.38. The van der Waals surface area contributed by atoms with Gasteiger partial charge in [-0.3, -0.25) is 10.1 Å². The highest BCUT2D eigenvalue weighted by atomic mass is 32.2. The maximum absolute atomic E-state index is 11.4. The Labute approximate surface area is 123 Å². The SMILES string of the molecule is CCNc1nc(C)c([N+](=O)[O-])c(NCCS(=O)(=O)CC)n1. The second-order valence-corrected chi connectivity index (χ2v) is 6.75. The molecular formula is C11H19N5O4S. The first kappa shape index (κ1) is 17.1. The Balaban J connectivity index is 2.99. The summed E-state index contributed by atoms with van der Waals surface area (Å²) in [6.07, 6.45) is 0. The lowest BCUT2D eigenvalue weighted by molar-refractivity contribution is -0.385. The third-order valence-electron chi connectivity index (χ3n) is 2.72. The van der Waals surface area contributed by atoms with Gasteiger partial charge in [-0.05, 0) is 13.8 Å². The van der Waals surface area contributed by atoms with E-state index < -0.39 is 14.8 Å². The van der Waals surface area contributed by atoms with E-state index in [1.165, 1.54) is 6.92 Å². The summed E-state index contributed by atoms with van der Waals surface area (Å²) in [5.74, 6) is 0.207. The van der Waals surface area contributed by atoms with Crippen molar-refractivity contribution in [3.05, 3.63) is 15.8 Å². The van der Waals surface area contributed by atoms with Gasteiger partial charge in [0.2, 0.25) is 11.8 Å². The molecule has 0 aliphatic rings. The highest BCUT2D eigenvalue weighted by molar-refractivity contribution is 7.91. The second kappa shape index (κ2) is 7.16.